The number of carbonyl (C=O) groups is 2. The summed E-state index contributed by atoms with van der Waals surface area (Å²) in [6, 6.07) is 0. The molecule has 0 spiro atoms. The second kappa shape index (κ2) is 10.2. The molecule has 7 nitrogen and oxygen atoms in total. The van der Waals surface area contributed by atoms with Gasteiger partial charge in [-0.2, -0.15) is 8.42 Å². The van der Waals surface area contributed by atoms with Crippen LogP contribution in [0.4, 0.5) is 4.39 Å². The topological polar surface area (TPSA) is 104 Å². The van der Waals surface area contributed by atoms with Crippen LogP contribution in [-0.4, -0.2) is 55.1 Å². The van der Waals surface area contributed by atoms with Crippen molar-refractivity contribution < 1.29 is 27.0 Å². The van der Waals surface area contributed by atoms with Gasteiger partial charge in [0.2, 0.25) is 11.8 Å². The van der Waals surface area contributed by atoms with Gasteiger partial charge >= 0.3 is 0 Å². The summed E-state index contributed by atoms with van der Waals surface area (Å²) >= 11 is 0. The average molecular weight is 388 g/mol. The van der Waals surface area contributed by atoms with Gasteiger partial charge in [-0.1, -0.05) is 25.3 Å². The maximum Gasteiger partial charge on any atom is 0.264 e. The minimum Gasteiger partial charge on any atom is -0.356 e. The molecule has 0 bridgehead atoms. The fourth-order valence-corrected chi connectivity index (χ4v) is 3.11. The highest BCUT2D eigenvalue weighted by atomic mass is 32.2. The monoisotopic (exact) mass is 388 g/mol. The van der Waals surface area contributed by atoms with Crippen LogP contribution in [0.5, 0.6) is 0 Å². The third kappa shape index (κ3) is 8.39. The number of halogens is 1. The van der Waals surface area contributed by atoms with Crippen LogP contribution in [0.1, 0.15) is 25.7 Å². The predicted octanol–water partition coefficient (Wildman–Crippen LogP) is 1.60. The fraction of sp³-hybridized carbons (Fsp3) is 0.529. The zero-order valence-electron chi connectivity index (χ0n) is 14.6. The quantitative estimate of drug-likeness (QED) is 0.318. The summed E-state index contributed by atoms with van der Waals surface area (Å²) in [6.07, 6.45) is 3.71. The Kier molecular flexibility index (Phi) is 8.67. The Balaban J connectivity index is 2.22. The maximum absolute atomic E-state index is 13.2. The van der Waals surface area contributed by atoms with Crippen LogP contribution < -0.4 is 5.32 Å². The minimum atomic E-state index is -3.96. The summed E-state index contributed by atoms with van der Waals surface area (Å²) in [5.74, 6) is -1.33. The van der Waals surface area contributed by atoms with E-state index >= 15 is 0 Å². The third-order valence-corrected chi connectivity index (χ3v) is 4.75. The number of nitrogens with one attached hydrogen (secondary N) is 1. The van der Waals surface area contributed by atoms with Crippen molar-refractivity contribution >= 4 is 21.9 Å². The molecule has 0 atom stereocenters. The fourth-order valence-electron chi connectivity index (χ4n) is 2.54. The SMILES string of the molecule is C=C/C=C(/CC(=O)N1CC(CC(=O)NCCCCS(=O)(=O)O)C1)C(=C)F. The summed E-state index contributed by atoms with van der Waals surface area (Å²) in [6.45, 7) is 7.86. The van der Waals surface area contributed by atoms with E-state index in [1.54, 1.807) is 4.90 Å². The van der Waals surface area contributed by atoms with Crippen molar-refractivity contribution in [1.29, 1.82) is 0 Å². The van der Waals surface area contributed by atoms with Crippen molar-refractivity contribution in [1.82, 2.24) is 10.2 Å². The van der Waals surface area contributed by atoms with E-state index in [1.165, 1.54) is 12.2 Å². The molecule has 9 heteroatoms. The molecule has 1 fully saturated rings. The molecule has 0 radical (unpaired) electrons. The Morgan fingerprint density at radius 3 is 2.50 bits per heavy atom. The van der Waals surface area contributed by atoms with Gasteiger partial charge in [0.25, 0.3) is 10.1 Å². The van der Waals surface area contributed by atoms with Crippen molar-refractivity contribution in [2.45, 2.75) is 25.7 Å². The highest BCUT2D eigenvalue weighted by molar-refractivity contribution is 7.85. The van der Waals surface area contributed by atoms with Crippen LogP contribution in [0.2, 0.25) is 0 Å². The van der Waals surface area contributed by atoms with E-state index in [0.717, 1.165) is 0 Å². The molecule has 0 aromatic carbocycles. The summed E-state index contributed by atoms with van der Waals surface area (Å²) in [7, 11) is -3.96. The Morgan fingerprint density at radius 1 is 1.31 bits per heavy atom. The number of carbonyl (C=O) groups excluding carboxylic acids is 2. The van der Waals surface area contributed by atoms with Crippen molar-refractivity contribution in [3.05, 3.63) is 36.7 Å². The van der Waals surface area contributed by atoms with E-state index in [9.17, 15) is 22.4 Å². The van der Waals surface area contributed by atoms with Gasteiger partial charge in [0, 0.05) is 32.0 Å². The number of nitrogens with zero attached hydrogens (tertiary/aromatic N) is 1. The zero-order valence-corrected chi connectivity index (χ0v) is 15.4. The lowest BCUT2D eigenvalue weighted by Crippen LogP contribution is -2.51. The lowest BCUT2D eigenvalue weighted by molar-refractivity contribution is -0.138. The third-order valence-electron chi connectivity index (χ3n) is 3.94. The molecule has 0 aromatic rings. The lowest BCUT2D eigenvalue weighted by Gasteiger charge is -2.39. The molecule has 0 aliphatic carbocycles. The Morgan fingerprint density at radius 2 is 1.96 bits per heavy atom. The molecule has 1 heterocycles. The zero-order chi connectivity index (χ0) is 19.7. The predicted molar refractivity (Wildman–Crippen MR) is 96.5 cm³/mol. The molecule has 0 aromatic heterocycles. The van der Waals surface area contributed by atoms with E-state index in [-0.39, 0.29) is 48.3 Å². The van der Waals surface area contributed by atoms with Gasteiger partial charge in [-0.3, -0.25) is 14.1 Å². The molecular weight excluding hydrogens is 363 g/mol. The molecule has 1 saturated heterocycles. The van der Waals surface area contributed by atoms with Gasteiger partial charge in [-0.15, -0.1) is 0 Å². The van der Waals surface area contributed by atoms with Crippen LogP contribution in [0.3, 0.4) is 0 Å². The number of rotatable bonds is 11. The van der Waals surface area contributed by atoms with Crippen molar-refractivity contribution in [2.24, 2.45) is 5.92 Å². The average Bonchev–Trinajstić information content (AvgIpc) is 2.48. The number of amides is 2. The molecular formula is C17H25FN2O5S. The number of hydrogen-bond acceptors (Lipinski definition) is 4. The first-order chi connectivity index (χ1) is 12.1. The van der Waals surface area contributed by atoms with Gasteiger partial charge in [0.15, 0.2) is 0 Å². The minimum absolute atomic E-state index is 0.0529. The molecule has 146 valence electrons. The van der Waals surface area contributed by atoms with Gasteiger partial charge in [0.05, 0.1) is 12.2 Å². The van der Waals surface area contributed by atoms with E-state index in [4.69, 9.17) is 4.55 Å². The molecule has 0 saturated carbocycles. The molecule has 1 rings (SSSR count). The van der Waals surface area contributed by atoms with Gasteiger partial charge in [-0.25, -0.2) is 4.39 Å². The maximum atomic E-state index is 13.2. The Labute approximate surface area is 153 Å². The Hall–Kier alpha value is -2.00. The second-order valence-corrected chi connectivity index (χ2v) is 7.79. The van der Waals surface area contributed by atoms with Crippen LogP contribution in [0.25, 0.3) is 0 Å². The molecule has 2 N–H and O–H groups in total. The second-order valence-electron chi connectivity index (χ2n) is 6.22. The van der Waals surface area contributed by atoms with Gasteiger partial charge in [-0.05, 0) is 18.4 Å². The summed E-state index contributed by atoms with van der Waals surface area (Å²) in [4.78, 5) is 25.4. The number of unbranched alkanes of at least 4 members (excludes halogenated alkanes) is 1. The van der Waals surface area contributed by atoms with Crippen molar-refractivity contribution in [2.75, 3.05) is 25.4 Å². The first-order valence-corrected chi connectivity index (χ1v) is 9.89. The number of hydrogen-bond donors (Lipinski definition) is 2. The van der Waals surface area contributed by atoms with Crippen LogP contribution >= 0.6 is 0 Å². The first-order valence-electron chi connectivity index (χ1n) is 8.28. The molecule has 1 aliphatic rings. The van der Waals surface area contributed by atoms with Gasteiger partial charge in [0.1, 0.15) is 5.83 Å². The highest BCUT2D eigenvalue weighted by Gasteiger charge is 2.32. The van der Waals surface area contributed by atoms with E-state index in [1.807, 2.05) is 0 Å². The van der Waals surface area contributed by atoms with E-state index in [0.29, 0.717) is 26.1 Å². The summed E-state index contributed by atoms with van der Waals surface area (Å²) < 4.78 is 42.9. The number of likely N-dealkylation sites (tertiary alicyclic amines) is 1. The normalized spacial score (nSPS) is 15.3. The Bertz CT molecular complexity index is 681. The van der Waals surface area contributed by atoms with Crippen molar-refractivity contribution in [3.8, 4) is 0 Å². The number of allylic oxidation sites excluding steroid dienone is 3. The largest absolute Gasteiger partial charge is 0.356 e. The van der Waals surface area contributed by atoms with Crippen molar-refractivity contribution in [3.63, 3.8) is 0 Å². The highest BCUT2D eigenvalue weighted by Crippen LogP contribution is 2.23. The summed E-state index contributed by atoms with van der Waals surface area (Å²) in [5.41, 5.74) is 0.191. The smallest absolute Gasteiger partial charge is 0.264 e. The van der Waals surface area contributed by atoms with Crippen LogP contribution in [0.15, 0.2) is 36.7 Å². The standard InChI is InChI=1S/C17H25FN2O5S/c1-3-6-15(13(2)18)10-17(22)20-11-14(12-20)9-16(21)19-7-4-5-8-26(23,24)25/h3,6,14H,1-2,4-5,7-12H2,(H,19,21)(H,23,24,25)/b15-6-. The molecule has 1 aliphatic heterocycles. The lowest BCUT2D eigenvalue weighted by atomic mass is 9.95. The van der Waals surface area contributed by atoms with Gasteiger partial charge < -0.3 is 10.2 Å². The molecule has 26 heavy (non-hydrogen) atoms. The summed E-state index contributed by atoms with van der Waals surface area (Å²) in [5, 5.41) is 2.68. The van der Waals surface area contributed by atoms with E-state index < -0.39 is 15.9 Å². The van der Waals surface area contributed by atoms with Crippen LogP contribution in [0, 0.1) is 5.92 Å². The molecule has 2 amide bonds. The van der Waals surface area contributed by atoms with E-state index in [2.05, 4.69) is 18.5 Å². The van der Waals surface area contributed by atoms with Crippen LogP contribution in [-0.2, 0) is 19.7 Å². The first kappa shape index (κ1) is 22.0. The molecule has 0 unspecified atom stereocenters.